The first kappa shape index (κ1) is 20.9. The molecule has 29 heavy (non-hydrogen) atoms. The Kier molecular flexibility index (Phi) is 6.26. The zero-order valence-electron chi connectivity index (χ0n) is 15.9. The third-order valence-electron chi connectivity index (χ3n) is 4.82. The van der Waals surface area contributed by atoms with E-state index in [1.165, 1.54) is 34.6 Å². The predicted octanol–water partition coefficient (Wildman–Crippen LogP) is 1.46. The highest BCUT2D eigenvalue weighted by molar-refractivity contribution is 7.89. The van der Waals surface area contributed by atoms with Crippen molar-refractivity contribution in [2.75, 3.05) is 33.2 Å². The molecule has 0 aliphatic carbocycles. The number of rotatable bonds is 6. The molecule has 0 unspecified atom stereocenters. The number of hydrogen-bond donors (Lipinski definition) is 1. The van der Waals surface area contributed by atoms with Crippen LogP contribution in [0.5, 0.6) is 0 Å². The fraction of sp³-hybridized carbons (Fsp3) is 0.316. The molecule has 1 fully saturated rings. The Morgan fingerprint density at radius 3 is 2.48 bits per heavy atom. The molecule has 154 valence electrons. The lowest BCUT2D eigenvalue weighted by molar-refractivity contribution is -0.385. The van der Waals surface area contributed by atoms with E-state index in [0.29, 0.717) is 31.7 Å². The fourth-order valence-electron chi connectivity index (χ4n) is 3.09. The second-order valence-electron chi connectivity index (χ2n) is 6.80. The number of nitro groups is 1. The smallest absolute Gasteiger partial charge is 0.274 e. The molecule has 2 aromatic rings. The Bertz CT molecular complexity index is 1020. The van der Waals surface area contributed by atoms with Crippen molar-refractivity contribution >= 4 is 21.6 Å². The topological polar surface area (TPSA) is 113 Å². The first-order valence-corrected chi connectivity index (χ1v) is 10.5. The molecule has 0 saturated carbocycles. The van der Waals surface area contributed by atoms with E-state index in [0.717, 1.165) is 0 Å². The van der Waals surface area contributed by atoms with Crippen molar-refractivity contribution in [2.24, 2.45) is 0 Å². The zero-order chi connectivity index (χ0) is 21.0. The molecule has 1 heterocycles. The zero-order valence-corrected chi connectivity index (χ0v) is 16.8. The Labute approximate surface area is 169 Å². The van der Waals surface area contributed by atoms with E-state index in [2.05, 4.69) is 10.2 Å². The molecule has 10 heteroatoms. The lowest BCUT2D eigenvalue weighted by atomic mass is 10.1. The van der Waals surface area contributed by atoms with Gasteiger partial charge in [-0.25, -0.2) is 8.42 Å². The van der Waals surface area contributed by atoms with Crippen LogP contribution in [0.3, 0.4) is 0 Å². The standard InChI is InChI=1S/C19H22N4O5S/c1-21-9-11-22(12-10-21)29(27,28)17-7-4-6-15(13-17)19(24)20-14-16-5-2-3-8-18(16)23(25)26/h2-8,13H,9-12,14H2,1H3,(H,20,24). The van der Waals surface area contributed by atoms with E-state index in [-0.39, 0.29) is 22.7 Å². The minimum atomic E-state index is -3.69. The maximum atomic E-state index is 12.9. The van der Waals surface area contributed by atoms with Crippen molar-refractivity contribution < 1.29 is 18.1 Å². The molecule has 0 atom stereocenters. The van der Waals surface area contributed by atoms with Crippen LogP contribution in [0, 0.1) is 10.1 Å². The van der Waals surface area contributed by atoms with Gasteiger partial charge in [0.25, 0.3) is 11.6 Å². The minimum Gasteiger partial charge on any atom is -0.348 e. The van der Waals surface area contributed by atoms with Crippen LogP contribution in [-0.2, 0) is 16.6 Å². The maximum absolute atomic E-state index is 12.9. The van der Waals surface area contributed by atoms with Crippen molar-refractivity contribution in [3.05, 3.63) is 69.8 Å². The summed E-state index contributed by atoms with van der Waals surface area (Å²) in [4.78, 5) is 25.2. The van der Waals surface area contributed by atoms with Crippen LogP contribution in [-0.4, -0.2) is 61.7 Å². The summed E-state index contributed by atoms with van der Waals surface area (Å²) in [6.07, 6.45) is 0. The molecule has 2 aromatic carbocycles. The number of nitro benzene ring substituents is 1. The summed E-state index contributed by atoms with van der Waals surface area (Å²) >= 11 is 0. The van der Waals surface area contributed by atoms with Crippen molar-refractivity contribution in [3.63, 3.8) is 0 Å². The maximum Gasteiger partial charge on any atom is 0.274 e. The normalized spacial score (nSPS) is 15.8. The van der Waals surface area contributed by atoms with Gasteiger partial charge in [-0.3, -0.25) is 14.9 Å². The molecule has 0 radical (unpaired) electrons. The van der Waals surface area contributed by atoms with Gasteiger partial charge in [-0.1, -0.05) is 24.3 Å². The van der Waals surface area contributed by atoms with E-state index in [9.17, 15) is 23.3 Å². The Morgan fingerprint density at radius 1 is 1.10 bits per heavy atom. The number of carbonyl (C=O) groups excluding carboxylic acids is 1. The second kappa shape index (κ2) is 8.68. The van der Waals surface area contributed by atoms with Gasteiger partial charge < -0.3 is 10.2 Å². The Balaban J connectivity index is 1.74. The van der Waals surface area contributed by atoms with Crippen LogP contribution >= 0.6 is 0 Å². The lowest BCUT2D eigenvalue weighted by Crippen LogP contribution is -2.47. The van der Waals surface area contributed by atoms with Gasteiger partial charge in [-0.05, 0) is 25.2 Å². The van der Waals surface area contributed by atoms with Crippen LogP contribution in [0.25, 0.3) is 0 Å². The highest BCUT2D eigenvalue weighted by Crippen LogP contribution is 2.20. The van der Waals surface area contributed by atoms with Gasteiger partial charge in [0.1, 0.15) is 0 Å². The molecule has 9 nitrogen and oxygen atoms in total. The number of benzene rings is 2. The number of carbonyl (C=O) groups is 1. The van der Waals surface area contributed by atoms with Gasteiger partial charge in [0.15, 0.2) is 0 Å². The number of para-hydroxylation sites is 1. The summed E-state index contributed by atoms with van der Waals surface area (Å²) < 4.78 is 27.2. The van der Waals surface area contributed by atoms with Gasteiger partial charge in [-0.2, -0.15) is 4.31 Å². The van der Waals surface area contributed by atoms with Crippen molar-refractivity contribution in [2.45, 2.75) is 11.4 Å². The number of sulfonamides is 1. The van der Waals surface area contributed by atoms with Gasteiger partial charge in [0, 0.05) is 49.9 Å². The number of piperazine rings is 1. The quantitative estimate of drug-likeness (QED) is 0.561. The number of hydrogen-bond acceptors (Lipinski definition) is 6. The van der Waals surface area contributed by atoms with E-state index < -0.39 is 20.9 Å². The Morgan fingerprint density at radius 2 is 1.79 bits per heavy atom. The highest BCUT2D eigenvalue weighted by Gasteiger charge is 2.28. The second-order valence-corrected chi connectivity index (χ2v) is 8.74. The number of likely N-dealkylation sites (N-methyl/N-ethyl adjacent to an activating group) is 1. The summed E-state index contributed by atoms with van der Waals surface area (Å²) in [6, 6.07) is 12.0. The minimum absolute atomic E-state index is 0.0363. The molecule has 1 amide bonds. The van der Waals surface area contributed by atoms with Crippen LogP contribution in [0.4, 0.5) is 5.69 Å². The number of nitrogens with zero attached hydrogens (tertiary/aromatic N) is 3. The lowest BCUT2D eigenvalue weighted by Gasteiger charge is -2.31. The SMILES string of the molecule is CN1CCN(S(=O)(=O)c2cccc(C(=O)NCc3ccccc3[N+](=O)[O-])c2)CC1. The number of amides is 1. The van der Waals surface area contributed by atoms with Crippen molar-refractivity contribution in [3.8, 4) is 0 Å². The molecule has 1 aliphatic heterocycles. The van der Waals surface area contributed by atoms with Gasteiger partial charge >= 0.3 is 0 Å². The van der Waals surface area contributed by atoms with Gasteiger partial charge in [-0.15, -0.1) is 0 Å². The third kappa shape index (κ3) is 4.78. The largest absolute Gasteiger partial charge is 0.348 e. The van der Waals surface area contributed by atoms with Crippen molar-refractivity contribution in [1.82, 2.24) is 14.5 Å². The molecule has 3 rings (SSSR count). The van der Waals surface area contributed by atoms with Crippen LogP contribution in [0.15, 0.2) is 53.4 Å². The molecule has 1 aliphatic rings. The molecule has 1 saturated heterocycles. The number of nitrogens with one attached hydrogen (secondary N) is 1. The summed E-state index contributed by atoms with van der Waals surface area (Å²) in [7, 11) is -1.75. The molecule has 0 spiro atoms. The molecular weight excluding hydrogens is 396 g/mol. The molecular formula is C19H22N4O5S. The summed E-state index contributed by atoms with van der Waals surface area (Å²) in [5.41, 5.74) is 0.463. The third-order valence-corrected chi connectivity index (χ3v) is 6.72. The van der Waals surface area contributed by atoms with Crippen LogP contribution in [0.2, 0.25) is 0 Å². The van der Waals surface area contributed by atoms with Crippen LogP contribution < -0.4 is 5.32 Å². The summed E-state index contributed by atoms with van der Waals surface area (Å²) in [6.45, 7) is 2.05. The summed E-state index contributed by atoms with van der Waals surface area (Å²) in [5, 5.41) is 13.7. The average molecular weight is 418 g/mol. The summed E-state index contributed by atoms with van der Waals surface area (Å²) in [5.74, 6) is -0.501. The first-order valence-electron chi connectivity index (χ1n) is 9.08. The highest BCUT2D eigenvalue weighted by atomic mass is 32.2. The molecule has 0 bridgehead atoms. The van der Waals surface area contributed by atoms with E-state index in [1.54, 1.807) is 18.2 Å². The first-order chi connectivity index (χ1) is 13.8. The van der Waals surface area contributed by atoms with E-state index in [4.69, 9.17) is 0 Å². The Hall–Kier alpha value is -2.82. The van der Waals surface area contributed by atoms with Gasteiger partial charge in [0.2, 0.25) is 10.0 Å². The fourth-order valence-corrected chi connectivity index (χ4v) is 4.56. The van der Waals surface area contributed by atoms with E-state index in [1.807, 2.05) is 7.05 Å². The predicted molar refractivity (Wildman–Crippen MR) is 107 cm³/mol. The van der Waals surface area contributed by atoms with Crippen molar-refractivity contribution in [1.29, 1.82) is 0 Å². The van der Waals surface area contributed by atoms with E-state index >= 15 is 0 Å². The molecule has 0 aromatic heterocycles. The average Bonchev–Trinajstić information content (AvgIpc) is 2.72. The monoisotopic (exact) mass is 418 g/mol. The van der Waals surface area contributed by atoms with Gasteiger partial charge in [0.05, 0.1) is 9.82 Å². The van der Waals surface area contributed by atoms with Crippen LogP contribution in [0.1, 0.15) is 15.9 Å². The molecule has 1 N–H and O–H groups in total.